The van der Waals surface area contributed by atoms with E-state index in [4.69, 9.17) is 0 Å². The first-order chi connectivity index (χ1) is 8.99. The van der Waals surface area contributed by atoms with Crippen LogP contribution in [-0.2, 0) is 6.54 Å². The maximum absolute atomic E-state index is 12.1. The molecule has 1 atom stereocenters. The van der Waals surface area contributed by atoms with E-state index in [0.29, 0.717) is 18.4 Å². The minimum atomic E-state index is -0.0344. The van der Waals surface area contributed by atoms with E-state index in [1.807, 2.05) is 7.05 Å². The van der Waals surface area contributed by atoms with E-state index in [9.17, 15) is 4.79 Å². The fraction of sp³-hybridized carbons (Fsp3) is 0.714. The molecule has 1 heterocycles. The van der Waals surface area contributed by atoms with Crippen LogP contribution in [0.4, 0.5) is 5.69 Å². The summed E-state index contributed by atoms with van der Waals surface area (Å²) in [5.74, 6) is 1.63. The number of hydrogen-bond donors (Lipinski definition) is 1. The zero-order valence-corrected chi connectivity index (χ0v) is 13.2. The van der Waals surface area contributed by atoms with Gasteiger partial charge < -0.3 is 4.90 Å². The molecule has 5 heteroatoms. The van der Waals surface area contributed by atoms with Crippen molar-refractivity contribution in [1.29, 1.82) is 0 Å². The summed E-state index contributed by atoms with van der Waals surface area (Å²) in [5.41, 5.74) is 0.850. The molecular weight excluding hydrogens is 258 g/mol. The zero-order valence-electron chi connectivity index (χ0n) is 12.3. The second-order valence-electron chi connectivity index (χ2n) is 5.34. The molecule has 0 spiro atoms. The molecule has 0 saturated carbocycles. The van der Waals surface area contributed by atoms with Crippen molar-refractivity contribution in [2.24, 2.45) is 11.8 Å². The Kier molecular flexibility index (Phi) is 6.42. The van der Waals surface area contributed by atoms with Crippen LogP contribution in [0.25, 0.3) is 0 Å². The molecule has 1 unspecified atom stereocenters. The number of anilines is 1. The van der Waals surface area contributed by atoms with E-state index in [-0.39, 0.29) is 5.56 Å². The average molecular weight is 283 g/mol. The summed E-state index contributed by atoms with van der Waals surface area (Å²) in [7, 11) is 1.98. The van der Waals surface area contributed by atoms with Gasteiger partial charge in [0.05, 0.1) is 11.9 Å². The van der Waals surface area contributed by atoms with Crippen LogP contribution in [0.3, 0.4) is 0 Å². The first-order valence-electron chi connectivity index (χ1n) is 6.88. The molecule has 19 heavy (non-hydrogen) atoms. The highest BCUT2D eigenvalue weighted by Crippen LogP contribution is 2.14. The standard InChI is InChI=1S/C14H25N3OS/c1-5-6-16(4)13-7-14(18)17(15-8-13)9-12(10-19)11(2)3/h7-8,11-12,19H,5-6,9-10H2,1-4H3. The predicted molar refractivity (Wildman–Crippen MR) is 84.2 cm³/mol. The Hall–Kier alpha value is -0.970. The number of nitrogens with zero attached hydrogens (tertiary/aromatic N) is 3. The average Bonchev–Trinajstić information content (AvgIpc) is 2.37. The van der Waals surface area contributed by atoms with E-state index in [0.717, 1.165) is 24.4 Å². The van der Waals surface area contributed by atoms with Gasteiger partial charge in [-0.2, -0.15) is 17.7 Å². The number of hydrogen-bond acceptors (Lipinski definition) is 4. The molecule has 1 rings (SSSR count). The van der Waals surface area contributed by atoms with E-state index in [1.54, 1.807) is 16.9 Å². The normalized spacial score (nSPS) is 12.7. The van der Waals surface area contributed by atoms with Crippen molar-refractivity contribution in [2.75, 3.05) is 24.2 Å². The van der Waals surface area contributed by atoms with E-state index < -0.39 is 0 Å². The lowest BCUT2D eigenvalue weighted by Crippen LogP contribution is -2.30. The molecular formula is C14H25N3OS. The van der Waals surface area contributed by atoms with Crippen LogP contribution in [0.15, 0.2) is 17.1 Å². The van der Waals surface area contributed by atoms with Gasteiger partial charge in [-0.25, -0.2) is 4.68 Å². The smallest absolute Gasteiger partial charge is 0.268 e. The van der Waals surface area contributed by atoms with Crippen LogP contribution >= 0.6 is 12.6 Å². The highest BCUT2D eigenvalue weighted by molar-refractivity contribution is 7.80. The third-order valence-electron chi connectivity index (χ3n) is 3.44. The number of aromatic nitrogens is 2. The Morgan fingerprint density at radius 2 is 2.16 bits per heavy atom. The summed E-state index contributed by atoms with van der Waals surface area (Å²) in [6, 6.07) is 1.67. The van der Waals surface area contributed by atoms with Gasteiger partial charge in [0, 0.05) is 26.2 Å². The van der Waals surface area contributed by atoms with Crippen molar-refractivity contribution in [1.82, 2.24) is 9.78 Å². The van der Waals surface area contributed by atoms with Gasteiger partial charge >= 0.3 is 0 Å². The Bertz CT molecular complexity index is 445. The lowest BCUT2D eigenvalue weighted by molar-refractivity contribution is 0.347. The van der Waals surface area contributed by atoms with Crippen LogP contribution in [0.1, 0.15) is 27.2 Å². The molecule has 0 aromatic carbocycles. The fourth-order valence-electron chi connectivity index (χ4n) is 1.94. The maximum Gasteiger partial charge on any atom is 0.268 e. The summed E-state index contributed by atoms with van der Waals surface area (Å²) in [5, 5.41) is 4.28. The summed E-state index contributed by atoms with van der Waals surface area (Å²) < 4.78 is 1.55. The highest BCUT2D eigenvalue weighted by Gasteiger charge is 2.14. The lowest BCUT2D eigenvalue weighted by atomic mass is 9.98. The Balaban J connectivity index is 2.85. The van der Waals surface area contributed by atoms with Crippen molar-refractivity contribution in [3.63, 3.8) is 0 Å². The monoisotopic (exact) mass is 283 g/mol. The second-order valence-corrected chi connectivity index (χ2v) is 5.71. The van der Waals surface area contributed by atoms with Gasteiger partial charge in [-0.05, 0) is 24.0 Å². The molecule has 108 valence electrons. The molecule has 0 saturated heterocycles. The second kappa shape index (κ2) is 7.58. The molecule has 0 N–H and O–H groups in total. The molecule has 0 radical (unpaired) electrons. The minimum absolute atomic E-state index is 0.0344. The highest BCUT2D eigenvalue weighted by atomic mass is 32.1. The summed E-state index contributed by atoms with van der Waals surface area (Å²) in [4.78, 5) is 14.1. The molecule has 1 aromatic rings. The minimum Gasteiger partial charge on any atom is -0.373 e. The van der Waals surface area contributed by atoms with Crippen molar-refractivity contribution in [3.05, 3.63) is 22.6 Å². The van der Waals surface area contributed by atoms with Crippen LogP contribution in [0.2, 0.25) is 0 Å². The Morgan fingerprint density at radius 3 is 2.63 bits per heavy atom. The maximum atomic E-state index is 12.1. The number of rotatable bonds is 7. The molecule has 0 amide bonds. The summed E-state index contributed by atoms with van der Waals surface area (Å²) in [6.45, 7) is 7.98. The molecule has 0 aliphatic rings. The van der Waals surface area contributed by atoms with Crippen LogP contribution in [0.5, 0.6) is 0 Å². The van der Waals surface area contributed by atoms with Gasteiger partial charge in [0.25, 0.3) is 5.56 Å². The van der Waals surface area contributed by atoms with Gasteiger partial charge in [-0.1, -0.05) is 20.8 Å². The zero-order chi connectivity index (χ0) is 14.4. The first kappa shape index (κ1) is 16.1. The van der Waals surface area contributed by atoms with Crippen LogP contribution < -0.4 is 10.5 Å². The topological polar surface area (TPSA) is 38.1 Å². The third-order valence-corrected chi connectivity index (χ3v) is 3.91. The summed E-state index contributed by atoms with van der Waals surface area (Å²) in [6.07, 6.45) is 2.82. The fourth-order valence-corrected chi connectivity index (χ4v) is 2.47. The van der Waals surface area contributed by atoms with Gasteiger partial charge in [0.2, 0.25) is 0 Å². The lowest BCUT2D eigenvalue weighted by Gasteiger charge is -2.20. The molecule has 1 aromatic heterocycles. The molecule has 0 bridgehead atoms. The van der Waals surface area contributed by atoms with Gasteiger partial charge in [-0.15, -0.1) is 0 Å². The van der Waals surface area contributed by atoms with E-state index in [1.165, 1.54) is 0 Å². The van der Waals surface area contributed by atoms with Crippen molar-refractivity contribution in [2.45, 2.75) is 33.7 Å². The quantitative estimate of drug-likeness (QED) is 0.780. The first-order valence-corrected chi connectivity index (χ1v) is 7.52. The van der Waals surface area contributed by atoms with Crippen molar-refractivity contribution < 1.29 is 0 Å². The Labute approximate surface area is 121 Å². The van der Waals surface area contributed by atoms with Gasteiger partial charge in [-0.3, -0.25) is 4.79 Å². The summed E-state index contributed by atoms with van der Waals surface area (Å²) >= 11 is 4.35. The van der Waals surface area contributed by atoms with Crippen LogP contribution in [0, 0.1) is 11.8 Å². The predicted octanol–water partition coefficient (Wildman–Crippen LogP) is 2.29. The van der Waals surface area contributed by atoms with Crippen molar-refractivity contribution in [3.8, 4) is 0 Å². The Morgan fingerprint density at radius 1 is 1.47 bits per heavy atom. The van der Waals surface area contributed by atoms with E-state index >= 15 is 0 Å². The van der Waals surface area contributed by atoms with E-state index in [2.05, 4.69) is 43.4 Å². The SMILES string of the molecule is CCCN(C)c1cnn(CC(CS)C(C)C)c(=O)c1. The van der Waals surface area contributed by atoms with Crippen LogP contribution in [-0.4, -0.2) is 29.1 Å². The third kappa shape index (κ3) is 4.56. The molecule has 0 aliphatic carbocycles. The molecule has 4 nitrogen and oxygen atoms in total. The molecule has 0 fully saturated rings. The van der Waals surface area contributed by atoms with Gasteiger partial charge in [0.15, 0.2) is 0 Å². The van der Waals surface area contributed by atoms with Gasteiger partial charge in [0.1, 0.15) is 0 Å². The van der Waals surface area contributed by atoms with Crippen molar-refractivity contribution >= 4 is 18.3 Å². The molecule has 0 aliphatic heterocycles. The number of thiol groups is 1. The largest absolute Gasteiger partial charge is 0.373 e.